The van der Waals surface area contributed by atoms with Gasteiger partial charge >= 0.3 is 0 Å². The minimum atomic E-state index is 0.125. The van der Waals surface area contributed by atoms with Crippen molar-refractivity contribution < 1.29 is 0 Å². The molecule has 0 aliphatic heterocycles. The van der Waals surface area contributed by atoms with Gasteiger partial charge in [-0.05, 0) is 97.5 Å². The molecule has 35 heavy (non-hydrogen) atoms. The number of nitrogens with zero attached hydrogens (tertiary/aromatic N) is 1. The first-order chi connectivity index (χ1) is 17.1. The van der Waals surface area contributed by atoms with E-state index in [9.17, 15) is 0 Å². The highest BCUT2D eigenvalue weighted by Crippen LogP contribution is 2.59. The molecule has 0 heterocycles. The van der Waals surface area contributed by atoms with E-state index in [2.05, 4.69) is 139 Å². The minimum absolute atomic E-state index is 0.125. The lowest BCUT2D eigenvalue weighted by Gasteiger charge is -2.29. The fourth-order valence-corrected chi connectivity index (χ4v) is 5.31. The van der Waals surface area contributed by atoms with E-state index in [1.54, 1.807) is 0 Å². The first kappa shape index (κ1) is 21.5. The Morgan fingerprint density at radius 1 is 0.714 bits per heavy atom. The molecule has 2 heteroatoms. The van der Waals surface area contributed by atoms with Crippen LogP contribution in [0.2, 0.25) is 0 Å². The first-order valence-electron chi connectivity index (χ1n) is 12.4. The number of allylic oxidation sites excluding steroid dienone is 3. The summed E-state index contributed by atoms with van der Waals surface area (Å²) in [5.74, 6) is 0.521. The highest BCUT2D eigenvalue weighted by Gasteiger charge is 2.53. The van der Waals surface area contributed by atoms with Crippen LogP contribution in [0.25, 0.3) is 0 Å². The van der Waals surface area contributed by atoms with Gasteiger partial charge in [-0.1, -0.05) is 66.7 Å². The Bertz CT molecular complexity index is 1370. The molecule has 0 radical (unpaired) electrons. The molecule has 2 unspecified atom stereocenters. The van der Waals surface area contributed by atoms with Crippen LogP contribution in [0.4, 0.5) is 22.7 Å². The second-order valence-electron chi connectivity index (χ2n) is 9.86. The van der Waals surface area contributed by atoms with E-state index in [-0.39, 0.29) is 5.41 Å². The number of aryl methyl sites for hydroxylation is 2. The van der Waals surface area contributed by atoms with Crippen molar-refractivity contribution in [3.8, 4) is 0 Å². The van der Waals surface area contributed by atoms with Gasteiger partial charge in [0.05, 0.1) is 0 Å². The summed E-state index contributed by atoms with van der Waals surface area (Å²) in [6.45, 7) is 4.32. The summed E-state index contributed by atoms with van der Waals surface area (Å²) in [5, 5.41) is 3.49. The maximum Gasteiger partial charge on any atom is 0.0464 e. The van der Waals surface area contributed by atoms with Crippen LogP contribution in [0, 0.1) is 19.8 Å². The summed E-state index contributed by atoms with van der Waals surface area (Å²) in [6.07, 6.45) is 8.39. The van der Waals surface area contributed by atoms with Gasteiger partial charge in [0.25, 0.3) is 0 Å². The average molecular weight is 455 g/mol. The number of nitrogens with one attached hydrogen (secondary N) is 1. The third kappa shape index (κ3) is 4.17. The van der Waals surface area contributed by atoms with Crippen molar-refractivity contribution in [2.24, 2.45) is 5.92 Å². The van der Waals surface area contributed by atoms with E-state index in [0.717, 1.165) is 17.8 Å². The van der Waals surface area contributed by atoms with Gasteiger partial charge in [-0.15, -0.1) is 0 Å². The van der Waals surface area contributed by atoms with E-state index in [0.29, 0.717) is 5.92 Å². The fraction of sp³-hybridized carbons (Fsp3) is 0.152. The largest absolute Gasteiger partial charge is 0.356 e. The Morgan fingerprint density at radius 3 is 1.94 bits per heavy atom. The number of benzene rings is 4. The van der Waals surface area contributed by atoms with Gasteiger partial charge < -0.3 is 10.2 Å². The van der Waals surface area contributed by atoms with Crippen LogP contribution in [0.15, 0.2) is 127 Å². The molecule has 0 spiro atoms. The van der Waals surface area contributed by atoms with Gasteiger partial charge in [-0.2, -0.15) is 0 Å². The summed E-state index contributed by atoms with van der Waals surface area (Å²) in [7, 11) is 0. The van der Waals surface area contributed by atoms with Crippen LogP contribution in [0.5, 0.6) is 0 Å². The molecule has 0 saturated heterocycles. The third-order valence-corrected chi connectivity index (χ3v) is 7.25. The van der Waals surface area contributed by atoms with Crippen molar-refractivity contribution in [2.75, 3.05) is 10.2 Å². The molecule has 2 aliphatic rings. The van der Waals surface area contributed by atoms with Gasteiger partial charge in [0, 0.05) is 33.9 Å². The SMILES string of the molecule is Cc1cccc(N(C2=CC3CC3(c3ccc(Nc4ccccc4)cc3)C=C2)c2cccc(C)c2)c1. The zero-order valence-electron chi connectivity index (χ0n) is 20.3. The van der Waals surface area contributed by atoms with Crippen LogP contribution in [-0.4, -0.2) is 0 Å². The second-order valence-corrected chi connectivity index (χ2v) is 9.86. The highest BCUT2D eigenvalue weighted by atomic mass is 15.1. The molecule has 0 aromatic heterocycles. The van der Waals surface area contributed by atoms with E-state index in [1.165, 1.54) is 33.8 Å². The summed E-state index contributed by atoms with van der Waals surface area (Å²) in [4.78, 5) is 2.39. The van der Waals surface area contributed by atoms with Crippen LogP contribution in [0.1, 0.15) is 23.1 Å². The lowest BCUT2D eigenvalue weighted by Crippen LogP contribution is -2.19. The Hall–Kier alpha value is -4.04. The Morgan fingerprint density at radius 2 is 1.34 bits per heavy atom. The minimum Gasteiger partial charge on any atom is -0.356 e. The molecule has 172 valence electrons. The Kier molecular flexibility index (Phi) is 5.30. The van der Waals surface area contributed by atoms with Gasteiger partial charge in [0.15, 0.2) is 0 Å². The fourth-order valence-electron chi connectivity index (χ4n) is 5.31. The summed E-state index contributed by atoms with van der Waals surface area (Å²) in [5.41, 5.74) is 9.95. The number of hydrogen-bond donors (Lipinski definition) is 1. The van der Waals surface area contributed by atoms with Crippen LogP contribution in [0.3, 0.4) is 0 Å². The van der Waals surface area contributed by atoms with Crippen molar-refractivity contribution in [3.63, 3.8) is 0 Å². The summed E-state index contributed by atoms with van der Waals surface area (Å²) in [6, 6.07) is 36.9. The van der Waals surface area contributed by atoms with Gasteiger partial charge in [0.1, 0.15) is 0 Å². The van der Waals surface area contributed by atoms with Gasteiger partial charge in [-0.3, -0.25) is 0 Å². The molecule has 4 aromatic rings. The smallest absolute Gasteiger partial charge is 0.0464 e. The zero-order valence-corrected chi connectivity index (χ0v) is 20.3. The quantitative estimate of drug-likeness (QED) is 0.314. The predicted molar refractivity (Wildman–Crippen MR) is 148 cm³/mol. The van der Waals surface area contributed by atoms with Crippen LogP contribution < -0.4 is 10.2 Å². The van der Waals surface area contributed by atoms with Crippen molar-refractivity contribution in [1.82, 2.24) is 0 Å². The van der Waals surface area contributed by atoms with E-state index < -0.39 is 0 Å². The number of hydrogen-bond acceptors (Lipinski definition) is 2. The molecule has 2 atom stereocenters. The van der Waals surface area contributed by atoms with Gasteiger partial charge in [-0.25, -0.2) is 0 Å². The van der Waals surface area contributed by atoms with Crippen molar-refractivity contribution >= 4 is 22.7 Å². The number of rotatable bonds is 6. The molecular weight excluding hydrogens is 424 g/mol. The molecule has 1 N–H and O–H groups in total. The first-order valence-corrected chi connectivity index (χ1v) is 12.4. The molecule has 2 nitrogen and oxygen atoms in total. The molecule has 1 saturated carbocycles. The lowest BCUT2D eigenvalue weighted by molar-refractivity contribution is 0.807. The van der Waals surface area contributed by atoms with E-state index in [1.807, 2.05) is 6.07 Å². The number of fused-ring (bicyclic) bond motifs is 1. The molecule has 4 aromatic carbocycles. The number of para-hydroxylation sites is 1. The highest BCUT2D eigenvalue weighted by molar-refractivity contribution is 5.72. The molecule has 1 fully saturated rings. The topological polar surface area (TPSA) is 15.3 Å². The standard InChI is InChI=1S/C33H30N2/c1-24-8-6-12-30(20-24)35(31-13-7-9-25(2)21-31)32-18-19-33(23-27(33)22-32)26-14-16-29(17-15-26)34-28-10-4-3-5-11-28/h3-22,27,34H,23H2,1-2H3. The number of anilines is 4. The monoisotopic (exact) mass is 454 g/mol. The zero-order chi connectivity index (χ0) is 23.8. The molecule has 0 bridgehead atoms. The third-order valence-electron chi connectivity index (χ3n) is 7.25. The normalized spacial score (nSPS) is 20.1. The second kappa shape index (κ2) is 8.63. The molecular formula is C33H30N2. The van der Waals surface area contributed by atoms with E-state index >= 15 is 0 Å². The van der Waals surface area contributed by atoms with E-state index in [4.69, 9.17) is 0 Å². The Labute approximate surface area is 208 Å². The van der Waals surface area contributed by atoms with Crippen LogP contribution >= 0.6 is 0 Å². The van der Waals surface area contributed by atoms with Crippen molar-refractivity contribution in [1.29, 1.82) is 0 Å². The summed E-state index contributed by atoms with van der Waals surface area (Å²) < 4.78 is 0. The summed E-state index contributed by atoms with van der Waals surface area (Å²) >= 11 is 0. The maximum atomic E-state index is 3.49. The van der Waals surface area contributed by atoms with Crippen LogP contribution in [-0.2, 0) is 5.41 Å². The van der Waals surface area contributed by atoms with Crippen molar-refractivity contribution in [2.45, 2.75) is 25.7 Å². The average Bonchev–Trinajstić information content (AvgIpc) is 3.61. The molecule has 2 aliphatic carbocycles. The predicted octanol–water partition coefficient (Wildman–Crippen LogP) is 8.60. The van der Waals surface area contributed by atoms with Gasteiger partial charge in [0.2, 0.25) is 0 Å². The van der Waals surface area contributed by atoms with Crippen molar-refractivity contribution in [3.05, 3.63) is 144 Å². The Balaban J connectivity index is 1.27. The lowest BCUT2D eigenvalue weighted by atomic mass is 9.89. The maximum absolute atomic E-state index is 3.49. The molecule has 0 amide bonds. The molecule has 6 rings (SSSR count).